The average Bonchev–Trinajstić information content (AvgIpc) is 1.69. The highest BCUT2D eigenvalue weighted by Gasteiger charge is 2.11. The van der Waals surface area contributed by atoms with Crippen LogP contribution in [-0.2, 0) is 0 Å². The number of rotatable bonds is 3. The van der Waals surface area contributed by atoms with Crippen molar-refractivity contribution in [3.8, 4) is 0 Å². The van der Waals surface area contributed by atoms with Crippen LogP contribution in [0.15, 0.2) is 0 Å². The largest absolute Gasteiger partial charge is 0.126 e. The summed E-state index contributed by atoms with van der Waals surface area (Å²) in [5.74, 6) is 1.35. The molecule has 0 fully saturated rings. The highest BCUT2D eigenvalue weighted by atomic mass is 35.5. The molecule has 3 heteroatoms. The molecule has 0 aliphatic carbocycles. The minimum atomic E-state index is 0.0880. The first kappa shape index (κ1) is 8.87. The van der Waals surface area contributed by atoms with Crippen LogP contribution in [0.2, 0.25) is 0 Å². The first-order valence-corrected chi connectivity index (χ1v) is 3.99. The molecule has 0 aromatic heterocycles. The Morgan fingerprint density at radius 1 is 1.25 bits per heavy atom. The molecule has 0 aromatic carbocycles. The monoisotopic (exact) mass is 174 g/mol. The van der Waals surface area contributed by atoms with E-state index in [0.29, 0.717) is 11.8 Å². The van der Waals surface area contributed by atoms with Gasteiger partial charge in [-0.1, -0.05) is 0 Å². The van der Waals surface area contributed by atoms with Crippen molar-refractivity contribution in [2.24, 2.45) is 5.92 Å². The summed E-state index contributed by atoms with van der Waals surface area (Å²) in [4.78, 5) is 0. The summed E-state index contributed by atoms with van der Waals surface area (Å²) in [5.41, 5.74) is 0. The van der Waals surface area contributed by atoms with Gasteiger partial charge < -0.3 is 0 Å². The second-order valence-electron chi connectivity index (χ2n) is 1.75. The lowest BCUT2D eigenvalue weighted by Crippen LogP contribution is -2.14. The van der Waals surface area contributed by atoms with Gasteiger partial charge >= 0.3 is 0 Å². The summed E-state index contributed by atoms with van der Waals surface area (Å²) in [6, 6.07) is 0. The van der Waals surface area contributed by atoms with Gasteiger partial charge in [-0.3, -0.25) is 0 Å². The maximum absolute atomic E-state index is 5.68. The molecule has 0 amide bonds. The Morgan fingerprint density at radius 3 is 1.62 bits per heavy atom. The third-order valence-electron chi connectivity index (χ3n) is 1.05. The summed E-state index contributed by atoms with van der Waals surface area (Å²) in [6.07, 6.45) is 0. The molecule has 0 aliphatic heterocycles. The van der Waals surface area contributed by atoms with E-state index < -0.39 is 0 Å². The van der Waals surface area contributed by atoms with Gasteiger partial charge in [0, 0.05) is 23.1 Å². The fraction of sp³-hybridized carbons (Fsp3) is 1.00. The standard InChI is InChI=1S/C5H9Cl3/c1-4(8)5(2-6)3-7/h4-5H,2-3H2,1H3. The van der Waals surface area contributed by atoms with E-state index in [1.807, 2.05) is 6.92 Å². The molecule has 0 heterocycles. The Balaban J connectivity index is 3.35. The third-order valence-corrected chi connectivity index (χ3v) is 2.20. The Bertz CT molecular complexity index is 49.6. The zero-order valence-electron chi connectivity index (χ0n) is 4.70. The van der Waals surface area contributed by atoms with Crippen LogP contribution in [0.3, 0.4) is 0 Å². The highest BCUT2D eigenvalue weighted by Crippen LogP contribution is 2.13. The van der Waals surface area contributed by atoms with Crippen molar-refractivity contribution in [3.05, 3.63) is 0 Å². The Morgan fingerprint density at radius 2 is 1.62 bits per heavy atom. The first-order chi connectivity index (χ1) is 3.72. The summed E-state index contributed by atoms with van der Waals surface area (Å²) in [7, 11) is 0. The fourth-order valence-corrected chi connectivity index (χ4v) is 1.51. The van der Waals surface area contributed by atoms with Crippen molar-refractivity contribution >= 4 is 34.8 Å². The zero-order chi connectivity index (χ0) is 6.57. The number of alkyl halides is 3. The van der Waals surface area contributed by atoms with E-state index in [4.69, 9.17) is 34.8 Å². The Labute approximate surface area is 65.1 Å². The van der Waals surface area contributed by atoms with Crippen molar-refractivity contribution in [3.63, 3.8) is 0 Å². The zero-order valence-corrected chi connectivity index (χ0v) is 6.97. The van der Waals surface area contributed by atoms with E-state index in [1.165, 1.54) is 0 Å². The topological polar surface area (TPSA) is 0 Å². The SMILES string of the molecule is CC(Cl)C(CCl)CCl. The quantitative estimate of drug-likeness (QED) is 0.579. The molecular formula is C5H9Cl3. The highest BCUT2D eigenvalue weighted by molar-refractivity contribution is 6.24. The molecule has 0 aliphatic rings. The lowest BCUT2D eigenvalue weighted by molar-refractivity contribution is 0.649. The van der Waals surface area contributed by atoms with Crippen molar-refractivity contribution in [1.29, 1.82) is 0 Å². The fourth-order valence-electron chi connectivity index (χ4n) is 0.287. The second kappa shape index (κ2) is 4.72. The number of hydrogen-bond acceptors (Lipinski definition) is 0. The Hall–Kier alpha value is 0.870. The molecule has 1 unspecified atom stereocenters. The van der Waals surface area contributed by atoms with Crippen molar-refractivity contribution in [2.75, 3.05) is 11.8 Å². The van der Waals surface area contributed by atoms with Crippen LogP contribution >= 0.6 is 34.8 Å². The van der Waals surface area contributed by atoms with Crippen molar-refractivity contribution < 1.29 is 0 Å². The van der Waals surface area contributed by atoms with Crippen LogP contribution in [0, 0.1) is 5.92 Å². The molecule has 0 saturated carbocycles. The molecule has 8 heavy (non-hydrogen) atoms. The molecule has 0 radical (unpaired) electrons. The van der Waals surface area contributed by atoms with Crippen LogP contribution in [0.1, 0.15) is 6.92 Å². The summed E-state index contributed by atoms with van der Waals surface area (Å²) >= 11 is 16.7. The maximum atomic E-state index is 5.68. The second-order valence-corrected chi connectivity index (χ2v) is 3.05. The smallest absolute Gasteiger partial charge is 0.0358 e. The van der Waals surface area contributed by atoms with Crippen molar-refractivity contribution in [2.45, 2.75) is 12.3 Å². The van der Waals surface area contributed by atoms with E-state index in [0.717, 1.165) is 0 Å². The van der Waals surface area contributed by atoms with Crippen LogP contribution in [-0.4, -0.2) is 17.1 Å². The van der Waals surface area contributed by atoms with Crippen LogP contribution < -0.4 is 0 Å². The molecule has 0 bridgehead atoms. The van der Waals surface area contributed by atoms with Crippen molar-refractivity contribution in [1.82, 2.24) is 0 Å². The van der Waals surface area contributed by atoms with Gasteiger partial charge in [0.2, 0.25) is 0 Å². The minimum absolute atomic E-state index is 0.0880. The molecule has 1 atom stereocenters. The van der Waals surface area contributed by atoms with Gasteiger partial charge in [0.15, 0.2) is 0 Å². The molecule has 0 N–H and O–H groups in total. The summed E-state index contributed by atoms with van der Waals surface area (Å²) in [5, 5.41) is 0.0880. The van der Waals surface area contributed by atoms with Gasteiger partial charge in [-0.05, 0) is 6.92 Å². The lowest BCUT2D eigenvalue weighted by atomic mass is 10.1. The van der Waals surface area contributed by atoms with Gasteiger partial charge in [-0.2, -0.15) is 0 Å². The normalized spacial score (nSPS) is 14.6. The van der Waals surface area contributed by atoms with E-state index in [1.54, 1.807) is 0 Å². The molecule has 0 aromatic rings. The third kappa shape index (κ3) is 3.01. The average molecular weight is 175 g/mol. The van der Waals surface area contributed by atoms with E-state index in [9.17, 15) is 0 Å². The molecule has 50 valence electrons. The van der Waals surface area contributed by atoms with E-state index in [-0.39, 0.29) is 11.3 Å². The first-order valence-electron chi connectivity index (χ1n) is 2.48. The molecule has 0 saturated heterocycles. The number of hydrogen-bond donors (Lipinski definition) is 0. The maximum Gasteiger partial charge on any atom is 0.0358 e. The number of halogens is 3. The van der Waals surface area contributed by atoms with E-state index >= 15 is 0 Å². The van der Waals surface area contributed by atoms with Gasteiger partial charge in [0.25, 0.3) is 0 Å². The van der Waals surface area contributed by atoms with Crippen LogP contribution in [0.4, 0.5) is 0 Å². The molecular weight excluding hydrogens is 166 g/mol. The lowest BCUT2D eigenvalue weighted by Gasteiger charge is -2.10. The molecule has 0 rings (SSSR count). The van der Waals surface area contributed by atoms with Gasteiger partial charge in [-0.25, -0.2) is 0 Å². The van der Waals surface area contributed by atoms with E-state index in [2.05, 4.69) is 0 Å². The van der Waals surface area contributed by atoms with Gasteiger partial charge in [0.05, 0.1) is 0 Å². The minimum Gasteiger partial charge on any atom is -0.126 e. The molecule has 0 nitrogen and oxygen atoms in total. The molecule has 0 spiro atoms. The predicted octanol–water partition coefficient (Wildman–Crippen LogP) is 2.71. The summed E-state index contributed by atoms with van der Waals surface area (Å²) < 4.78 is 0. The van der Waals surface area contributed by atoms with Gasteiger partial charge in [-0.15, -0.1) is 34.8 Å². The summed E-state index contributed by atoms with van der Waals surface area (Å²) in [6.45, 7) is 1.90. The Kier molecular flexibility index (Phi) is 5.23. The van der Waals surface area contributed by atoms with Crippen LogP contribution in [0.25, 0.3) is 0 Å². The predicted molar refractivity (Wildman–Crippen MR) is 40.2 cm³/mol. The van der Waals surface area contributed by atoms with Crippen LogP contribution in [0.5, 0.6) is 0 Å². The van der Waals surface area contributed by atoms with Gasteiger partial charge in [0.1, 0.15) is 0 Å².